The second-order valence-corrected chi connectivity index (χ2v) is 4.53. The first kappa shape index (κ1) is 12.9. The van der Waals surface area contributed by atoms with Gasteiger partial charge in [-0.15, -0.1) is 0 Å². The van der Waals surface area contributed by atoms with Crippen LogP contribution in [0.5, 0.6) is 0 Å². The molecular formula is C14H20O2. The standard InChI is InChI=1S/C14H20O2/c1-11(2)9-14(12(3)15)16-10-13-7-5-4-6-8-13/h4-8,11,14H,9-10H2,1-3H3/t14-/m1/s1. The molecule has 0 saturated carbocycles. The Labute approximate surface area is 97.6 Å². The van der Waals surface area contributed by atoms with Crippen LogP contribution in [0.15, 0.2) is 30.3 Å². The molecule has 2 nitrogen and oxygen atoms in total. The fourth-order valence-electron chi connectivity index (χ4n) is 1.55. The predicted octanol–water partition coefficient (Wildman–Crippen LogP) is 3.21. The van der Waals surface area contributed by atoms with Crippen molar-refractivity contribution in [2.75, 3.05) is 0 Å². The Morgan fingerprint density at radius 1 is 1.25 bits per heavy atom. The molecule has 0 aliphatic rings. The molecule has 0 aliphatic carbocycles. The van der Waals surface area contributed by atoms with E-state index in [9.17, 15) is 4.79 Å². The van der Waals surface area contributed by atoms with Crippen molar-refractivity contribution in [2.45, 2.75) is 39.9 Å². The van der Waals surface area contributed by atoms with E-state index in [1.54, 1.807) is 6.92 Å². The lowest BCUT2D eigenvalue weighted by molar-refractivity contribution is -0.130. The highest BCUT2D eigenvalue weighted by molar-refractivity contribution is 5.80. The molecule has 16 heavy (non-hydrogen) atoms. The number of rotatable bonds is 6. The Morgan fingerprint density at radius 2 is 1.88 bits per heavy atom. The Hall–Kier alpha value is -1.15. The van der Waals surface area contributed by atoms with Gasteiger partial charge >= 0.3 is 0 Å². The first-order chi connectivity index (χ1) is 7.59. The average molecular weight is 220 g/mol. The van der Waals surface area contributed by atoms with Gasteiger partial charge in [0.05, 0.1) is 6.61 Å². The molecule has 0 aromatic heterocycles. The maximum absolute atomic E-state index is 11.4. The summed E-state index contributed by atoms with van der Waals surface area (Å²) in [6.45, 7) is 6.31. The van der Waals surface area contributed by atoms with Crippen LogP contribution < -0.4 is 0 Å². The second kappa shape index (κ2) is 6.44. The lowest BCUT2D eigenvalue weighted by Gasteiger charge is -2.17. The van der Waals surface area contributed by atoms with Crippen molar-refractivity contribution in [3.05, 3.63) is 35.9 Å². The molecule has 0 heterocycles. The van der Waals surface area contributed by atoms with Gasteiger partial charge in [-0.2, -0.15) is 0 Å². The maximum Gasteiger partial charge on any atom is 0.158 e. The molecule has 0 aliphatic heterocycles. The van der Waals surface area contributed by atoms with Crippen molar-refractivity contribution in [2.24, 2.45) is 5.92 Å². The average Bonchev–Trinajstić information content (AvgIpc) is 2.25. The van der Waals surface area contributed by atoms with E-state index in [4.69, 9.17) is 4.74 Å². The van der Waals surface area contributed by atoms with Crippen LogP contribution in [0.1, 0.15) is 32.8 Å². The third-order valence-electron chi connectivity index (χ3n) is 2.43. The second-order valence-electron chi connectivity index (χ2n) is 4.53. The Kier molecular flexibility index (Phi) is 5.20. The molecule has 0 fully saturated rings. The van der Waals surface area contributed by atoms with Crippen molar-refractivity contribution in [3.8, 4) is 0 Å². The van der Waals surface area contributed by atoms with Gasteiger partial charge < -0.3 is 4.74 Å². The number of carbonyl (C=O) groups excluding carboxylic acids is 1. The minimum absolute atomic E-state index is 0.115. The molecule has 0 N–H and O–H groups in total. The van der Waals surface area contributed by atoms with E-state index in [1.807, 2.05) is 30.3 Å². The third-order valence-corrected chi connectivity index (χ3v) is 2.43. The first-order valence-corrected chi connectivity index (χ1v) is 5.75. The molecule has 0 saturated heterocycles. The topological polar surface area (TPSA) is 26.3 Å². The molecule has 0 bridgehead atoms. The Morgan fingerprint density at radius 3 is 2.38 bits per heavy atom. The van der Waals surface area contributed by atoms with Crippen LogP contribution >= 0.6 is 0 Å². The highest BCUT2D eigenvalue weighted by Crippen LogP contribution is 2.12. The van der Waals surface area contributed by atoms with E-state index in [0.717, 1.165) is 12.0 Å². The highest BCUT2D eigenvalue weighted by atomic mass is 16.5. The summed E-state index contributed by atoms with van der Waals surface area (Å²) in [4.78, 5) is 11.4. The number of benzene rings is 1. The van der Waals surface area contributed by atoms with Gasteiger partial charge in [0.25, 0.3) is 0 Å². The lowest BCUT2D eigenvalue weighted by Crippen LogP contribution is -2.23. The van der Waals surface area contributed by atoms with E-state index in [2.05, 4.69) is 13.8 Å². The molecule has 0 amide bonds. The van der Waals surface area contributed by atoms with Crippen LogP contribution in [0, 0.1) is 5.92 Å². The zero-order chi connectivity index (χ0) is 12.0. The summed E-state index contributed by atoms with van der Waals surface area (Å²) >= 11 is 0. The van der Waals surface area contributed by atoms with Gasteiger partial charge in [0.15, 0.2) is 5.78 Å². The zero-order valence-corrected chi connectivity index (χ0v) is 10.3. The highest BCUT2D eigenvalue weighted by Gasteiger charge is 2.16. The van der Waals surface area contributed by atoms with E-state index < -0.39 is 0 Å². The van der Waals surface area contributed by atoms with Gasteiger partial charge in [0, 0.05) is 0 Å². The number of ketones is 1. The normalized spacial score (nSPS) is 12.8. The fraction of sp³-hybridized carbons (Fsp3) is 0.500. The van der Waals surface area contributed by atoms with Crippen molar-refractivity contribution in [1.82, 2.24) is 0 Å². The number of Topliss-reactive ketones (excluding diaryl/α,β-unsaturated/α-hetero) is 1. The maximum atomic E-state index is 11.4. The summed E-state index contributed by atoms with van der Waals surface area (Å²) in [5.74, 6) is 0.592. The van der Waals surface area contributed by atoms with Gasteiger partial charge in [0.1, 0.15) is 6.10 Å². The predicted molar refractivity (Wildman–Crippen MR) is 65.2 cm³/mol. The van der Waals surface area contributed by atoms with Crippen LogP contribution in [-0.2, 0) is 16.1 Å². The van der Waals surface area contributed by atoms with Gasteiger partial charge in [0.2, 0.25) is 0 Å². The smallest absolute Gasteiger partial charge is 0.158 e. The molecule has 1 aromatic carbocycles. The molecule has 88 valence electrons. The van der Waals surface area contributed by atoms with Crippen molar-refractivity contribution in [1.29, 1.82) is 0 Å². The first-order valence-electron chi connectivity index (χ1n) is 5.75. The van der Waals surface area contributed by atoms with E-state index >= 15 is 0 Å². The van der Waals surface area contributed by atoms with Gasteiger partial charge in [-0.25, -0.2) is 0 Å². The number of carbonyl (C=O) groups is 1. The quantitative estimate of drug-likeness (QED) is 0.736. The third kappa shape index (κ3) is 4.58. The summed E-state index contributed by atoms with van der Waals surface area (Å²) in [6.07, 6.45) is 0.530. The van der Waals surface area contributed by atoms with Crippen molar-refractivity contribution in [3.63, 3.8) is 0 Å². The molecule has 1 rings (SSSR count). The van der Waals surface area contributed by atoms with Gasteiger partial charge in [-0.3, -0.25) is 4.79 Å². The van der Waals surface area contributed by atoms with Crippen LogP contribution in [0.25, 0.3) is 0 Å². The summed E-state index contributed by atoms with van der Waals surface area (Å²) < 4.78 is 5.65. The fourth-order valence-corrected chi connectivity index (χ4v) is 1.55. The van der Waals surface area contributed by atoms with E-state index in [0.29, 0.717) is 12.5 Å². The molecule has 1 aromatic rings. The number of hydrogen-bond acceptors (Lipinski definition) is 2. The molecule has 0 unspecified atom stereocenters. The van der Waals surface area contributed by atoms with Crippen LogP contribution in [0.4, 0.5) is 0 Å². The SMILES string of the molecule is CC(=O)[C@@H](CC(C)C)OCc1ccccc1. The zero-order valence-electron chi connectivity index (χ0n) is 10.3. The minimum atomic E-state index is -0.264. The molecule has 1 atom stereocenters. The van der Waals surface area contributed by atoms with Crippen molar-refractivity contribution < 1.29 is 9.53 Å². The molecule has 2 heteroatoms. The van der Waals surface area contributed by atoms with E-state index in [-0.39, 0.29) is 11.9 Å². The van der Waals surface area contributed by atoms with Crippen molar-refractivity contribution >= 4 is 5.78 Å². The summed E-state index contributed by atoms with van der Waals surface area (Å²) in [5, 5.41) is 0. The number of hydrogen-bond donors (Lipinski definition) is 0. The Bertz CT molecular complexity index is 317. The lowest BCUT2D eigenvalue weighted by atomic mass is 10.0. The van der Waals surface area contributed by atoms with Crippen LogP contribution in [0.3, 0.4) is 0 Å². The summed E-state index contributed by atoms with van der Waals surface area (Å²) in [6, 6.07) is 9.94. The number of ether oxygens (including phenoxy) is 1. The van der Waals surface area contributed by atoms with Gasteiger partial charge in [-0.1, -0.05) is 44.2 Å². The van der Waals surface area contributed by atoms with Crippen LogP contribution in [-0.4, -0.2) is 11.9 Å². The monoisotopic (exact) mass is 220 g/mol. The molecule has 0 radical (unpaired) electrons. The molecule has 0 spiro atoms. The van der Waals surface area contributed by atoms with Crippen LogP contribution in [0.2, 0.25) is 0 Å². The minimum Gasteiger partial charge on any atom is -0.366 e. The Balaban J connectivity index is 2.47. The largest absolute Gasteiger partial charge is 0.366 e. The summed E-state index contributed by atoms with van der Waals surface area (Å²) in [7, 11) is 0. The van der Waals surface area contributed by atoms with E-state index in [1.165, 1.54) is 0 Å². The van der Waals surface area contributed by atoms with Gasteiger partial charge in [-0.05, 0) is 24.8 Å². The summed E-state index contributed by atoms with van der Waals surface area (Å²) in [5.41, 5.74) is 1.11. The molecular weight excluding hydrogens is 200 g/mol.